The highest BCUT2D eigenvalue weighted by Crippen LogP contribution is 2.29. The molecule has 12 heavy (non-hydrogen) atoms. The first-order valence-electron chi connectivity index (χ1n) is 4.08. The Morgan fingerprint density at radius 1 is 1.42 bits per heavy atom. The Balaban J connectivity index is 2.62. The number of pyridine rings is 1. The van der Waals surface area contributed by atoms with Gasteiger partial charge in [0.05, 0.1) is 0 Å². The molecule has 0 fully saturated rings. The zero-order chi connectivity index (χ0) is 8.55. The van der Waals surface area contributed by atoms with Crippen LogP contribution in [0.4, 0.5) is 0 Å². The van der Waals surface area contributed by atoms with Crippen LogP contribution in [0.3, 0.4) is 0 Å². The number of allylic oxidation sites excluding steroid dienone is 2. The normalized spacial score (nSPS) is 15.3. The molecule has 0 radical (unpaired) electrons. The summed E-state index contributed by atoms with van der Waals surface area (Å²) in [6.45, 7) is 2.14. The van der Waals surface area contributed by atoms with Crippen LogP contribution < -0.4 is 0 Å². The van der Waals surface area contributed by atoms with E-state index in [0.717, 1.165) is 17.3 Å². The van der Waals surface area contributed by atoms with Crippen LogP contribution in [0.5, 0.6) is 0 Å². The predicted molar refractivity (Wildman–Crippen MR) is 53.9 cm³/mol. The molecule has 0 aromatic carbocycles. The van der Waals surface area contributed by atoms with Gasteiger partial charge >= 0.3 is 0 Å². The van der Waals surface area contributed by atoms with E-state index in [4.69, 9.17) is 0 Å². The van der Waals surface area contributed by atoms with Crippen LogP contribution in [0.15, 0.2) is 22.9 Å². The second-order valence-corrected chi connectivity index (χ2v) is 3.93. The lowest BCUT2D eigenvalue weighted by Gasteiger charge is -2.15. The van der Waals surface area contributed by atoms with Crippen LogP contribution in [-0.2, 0) is 6.42 Å². The van der Waals surface area contributed by atoms with Crippen LogP contribution in [0.2, 0.25) is 0 Å². The first-order valence-corrected chi connectivity index (χ1v) is 4.88. The van der Waals surface area contributed by atoms with Gasteiger partial charge in [-0.15, -0.1) is 0 Å². The number of hydrogen-bond acceptors (Lipinski definition) is 1. The lowest BCUT2D eigenvalue weighted by Crippen LogP contribution is -1.99. The van der Waals surface area contributed by atoms with Crippen LogP contribution in [0, 0.1) is 0 Å². The number of nitrogens with zero attached hydrogens (tertiary/aromatic N) is 1. The van der Waals surface area contributed by atoms with E-state index < -0.39 is 0 Å². The van der Waals surface area contributed by atoms with Gasteiger partial charge in [-0.25, -0.2) is 0 Å². The molecule has 0 amide bonds. The SMILES string of the molecule is CC1=CCCc2c(Br)cncc21. The smallest absolute Gasteiger partial charge is 0.0413 e. The van der Waals surface area contributed by atoms with Crippen molar-refractivity contribution in [2.75, 3.05) is 0 Å². The maximum absolute atomic E-state index is 4.16. The van der Waals surface area contributed by atoms with E-state index in [0.29, 0.717) is 0 Å². The average molecular weight is 224 g/mol. The van der Waals surface area contributed by atoms with Crippen LogP contribution in [0.25, 0.3) is 5.57 Å². The van der Waals surface area contributed by atoms with Crippen molar-refractivity contribution in [3.8, 4) is 0 Å². The van der Waals surface area contributed by atoms with E-state index in [1.807, 2.05) is 12.4 Å². The molecule has 1 aliphatic carbocycles. The van der Waals surface area contributed by atoms with Crippen molar-refractivity contribution < 1.29 is 0 Å². The summed E-state index contributed by atoms with van der Waals surface area (Å²) >= 11 is 3.52. The Kier molecular flexibility index (Phi) is 2.01. The Labute approximate surface area is 80.6 Å². The second kappa shape index (κ2) is 3.02. The summed E-state index contributed by atoms with van der Waals surface area (Å²) in [6, 6.07) is 0. The molecule has 0 N–H and O–H groups in total. The molecular weight excluding hydrogens is 214 g/mol. The van der Waals surface area contributed by atoms with Crippen molar-refractivity contribution in [1.29, 1.82) is 0 Å². The van der Waals surface area contributed by atoms with Gasteiger partial charge in [0.2, 0.25) is 0 Å². The van der Waals surface area contributed by atoms with Gasteiger partial charge in [-0.3, -0.25) is 4.98 Å². The number of halogens is 1. The molecule has 1 nitrogen and oxygen atoms in total. The molecule has 0 spiro atoms. The number of rotatable bonds is 0. The van der Waals surface area contributed by atoms with Gasteiger partial charge in [-0.2, -0.15) is 0 Å². The summed E-state index contributed by atoms with van der Waals surface area (Å²) in [5, 5.41) is 0. The minimum Gasteiger partial charge on any atom is -0.263 e. The fourth-order valence-corrected chi connectivity index (χ4v) is 2.13. The summed E-state index contributed by atoms with van der Waals surface area (Å²) < 4.78 is 1.15. The van der Waals surface area contributed by atoms with Crippen molar-refractivity contribution >= 4 is 21.5 Å². The average Bonchev–Trinajstić information content (AvgIpc) is 2.07. The van der Waals surface area contributed by atoms with E-state index in [2.05, 4.69) is 33.9 Å². The quantitative estimate of drug-likeness (QED) is 0.659. The minimum absolute atomic E-state index is 1.13. The van der Waals surface area contributed by atoms with Crippen molar-refractivity contribution in [3.63, 3.8) is 0 Å². The van der Waals surface area contributed by atoms with Crippen LogP contribution >= 0.6 is 15.9 Å². The van der Waals surface area contributed by atoms with Gasteiger partial charge in [0.25, 0.3) is 0 Å². The van der Waals surface area contributed by atoms with Gasteiger partial charge in [0.1, 0.15) is 0 Å². The number of hydrogen-bond donors (Lipinski definition) is 0. The Morgan fingerprint density at radius 2 is 2.25 bits per heavy atom. The lowest BCUT2D eigenvalue weighted by molar-refractivity contribution is 0.957. The highest BCUT2D eigenvalue weighted by molar-refractivity contribution is 9.10. The fourth-order valence-electron chi connectivity index (χ4n) is 1.60. The third-order valence-electron chi connectivity index (χ3n) is 2.27. The van der Waals surface area contributed by atoms with E-state index in [-0.39, 0.29) is 0 Å². The van der Waals surface area contributed by atoms with Crippen molar-refractivity contribution in [1.82, 2.24) is 4.98 Å². The predicted octanol–water partition coefficient (Wildman–Crippen LogP) is 3.19. The summed E-state index contributed by atoms with van der Waals surface area (Å²) in [4.78, 5) is 4.16. The standard InChI is InChI=1S/C10H10BrN/c1-7-3-2-4-8-9(7)5-12-6-10(8)11/h3,5-6H,2,4H2,1H3. The maximum atomic E-state index is 4.16. The molecule has 1 heterocycles. The molecule has 2 heteroatoms. The molecule has 1 aliphatic rings. The number of fused-ring (bicyclic) bond motifs is 1. The Hall–Kier alpha value is -0.630. The highest BCUT2D eigenvalue weighted by atomic mass is 79.9. The zero-order valence-corrected chi connectivity index (χ0v) is 8.56. The van der Waals surface area contributed by atoms with Gasteiger partial charge in [0, 0.05) is 16.9 Å². The van der Waals surface area contributed by atoms with E-state index in [1.54, 1.807) is 0 Å². The number of aromatic nitrogens is 1. The summed E-state index contributed by atoms with van der Waals surface area (Å²) in [5.74, 6) is 0. The molecule has 0 aliphatic heterocycles. The van der Waals surface area contributed by atoms with Crippen LogP contribution in [0.1, 0.15) is 24.5 Å². The molecule has 0 saturated heterocycles. The Morgan fingerprint density at radius 3 is 3.00 bits per heavy atom. The third kappa shape index (κ3) is 1.20. The summed E-state index contributed by atoms with van der Waals surface area (Å²) in [6.07, 6.45) is 8.39. The van der Waals surface area contributed by atoms with E-state index in [1.165, 1.54) is 16.7 Å². The lowest BCUT2D eigenvalue weighted by atomic mass is 9.94. The van der Waals surface area contributed by atoms with Crippen LogP contribution in [-0.4, -0.2) is 4.98 Å². The van der Waals surface area contributed by atoms with Gasteiger partial charge in [-0.1, -0.05) is 6.08 Å². The largest absolute Gasteiger partial charge is 0.263 e. The van der Waals surface area contributed by atoms with Crippen molar-refractivity contribution in [2.45, 2.75) is 19.8 Å². The van der Waals surface area contributed by atoms with Crippen molar-refractivity contribution in [2.24, 2.45) is 0 Å². The molecule has 1 aromatic heterocycles. The molecule has 1 aromatic rings. The van der Waals surface area contributed by atoms with Gasteiger partial charge in [-0.05, 0) is 52.4 Å². The first-order chi connectivity index (χ1) is 5.79. The van der Waals surface area contributed by atoms with E-state index in [9.17, 15) is 0 Å². The second-order valence-electron chi connectivity index (χ2n) is 3.07. The fraction of sp³-hybridized carbons (Fsp3) is 0.300. The molecule has 0 saturated carbocycles. The molecule has 0 unspecified atom stereocenters. The van der Waals surface area contributed by atoms with Gasteiger partial charge in [0.15, 0.2) is 0 Å². The molecule has 62 valence electrons. The Bertz CT molecular complexity index is 342. The zero-order valence-electron chi connectivity index (χ0n) is 6.97. The van der Waals surface area contributed by atoms with Crippen molar-refractivity contribution in [3.05, 3.63) is 34.1 Å². The highest BCUT2D eigenvalue weighted by Gasteiger charge is 2.11. The molecule has 2 rings (SSSR count). The monoisotopic (exact) mass is 223 g/mol. The third-order valence-corrected chi connectivity index (χ3v) is 2.96. The molecular formula is C10H10BrN. The summed E-state index contributed by atoms with van der Waals surface area (Å²) in [7, 11) is 0. The first kappa shape index (κ1) is 7.99. The van der Waals surface area contributed by atoms with E-state index >= 15 is 0 Å². The molecule has 0 bridgehead atoms. The maximum Gasteiger partial charge on any atom is 0.0413 e. The summed E-state index contributed by atoms with van der Waals surface area (Å²) in [5.41, 5.74) is 4.06. The van der Waals surface area contributed by atoms with Gasteiger partial charge < -0.3 is 0 Å². The minimum atomic E-state index is 1.13. The molecule has 0 atom stereocenters. The topological polar surface area (TPSA) is 12.9 Å².